The molecule has 0 saturated carbocycles. The first-order chi connectivity index (χ1) is 9.13. The van der Waals surface area contributed by atoms with Crippen molar-refractivity contribution < 1.29 is 0 Å². The van der Waals surface area contributed by atoms with E-state index in [2.05, 4.69) is 43.1 Å². The zero-order valence-electron chi connectivity index (χ0n) is 13.6. The lowest BCUT2D eigenvalue weighted by molar-refractivity contribution is 0.199. The van der Waals surface area contributed by atoms with Gasteiger partial charge in [0.15, 0.2) is 0 Å². The zero-order valence-corrected chi connectivity index (χ0v) is 13.6. The summed E-state index contributed by atoms with van der Waals surface area (Å²) < 4.78 is 0. The Labute approximate surface area is 120 Å². The fourth-order valence-corrected chi connectivity index (χ4v) is 2.98. The number of nitrogens with one attached hydrogen (secondary N) is 1. The van der Waals surface area contributed by atoms with Crippen molar-refractivity contribution in [2.75, 3.05) is 53.4 Å². The average molecular weight is 269 g/mol. The summed E-state index contributed by atoms with van der Waals surface area (Å²) in [5, 5.41) is 3.55. The number of nitrogens with zero attached hydrogens (tertiary/aromatic N) is 2. The molecule has 2 unspecified atom stereocenters. The lowest BCUT2D eigenvalue weighted by Gasteiger charge is -2.30. The summed E-state index contributed by atoms with van der Waals surface area (Å²) in [5.74, 6) is 1.78. The van der Waals surface area contributed by atoms with Crippen molar-refractivity contribution in [1.29, 1.82) is 0 Å². The number of piperidine rings is 1. The van der Waals surface area contributed by atoms with Crippen LogP contribution in [0.25, 0.3) is 0 Å². The van der Waals surface area contributed by atoms with Crippen LogP contribution in [0.2, 0.25) is 0 Å². The molecule has 1 rings (SSSR count). The lowest BCUT2D eigenvalue weighted by atomic mass is 9.85. The van der Waals surface area contributed by atoms with Gasteiger partial charge in [-0.25, -0.2) is 0 Å². The van der Waals surface area contributed by atoms with Crippen molar-refractivity contribution >= 4 is 0 Å². The third-order valence-electron chi connectivity index (χ3n) is 4.44. The first-order valence-electron chi connectivity index (χ1n) is 8.21. The topological polar surface area (TPSA) is 18.5 Å². The summed E-state index contributed by atoms with van der Waals surface area (Å²) in [4.78, 5) is 4.93. The first kappa shape index (κ1) is 16.9. The van der Waals surface area contributed by atoms with Crippen molar-refractivity contribution in [3.05, 3.63) is 0 Å². The highest BCUT2D eigenvalue weighted by molar-refractivity contribution is 4.75. The van der Waals surface area contributed by atoms with E-state index in [0.717, 1.165) is 11.8 Å². The van der Waals surface area contributed by atoms with E-state index >= 15 is 0 Å². The summed E-state index contributed by atoms with van der Waals surface area (Å²) >= 11 is 0. The van der Waals surface area contributed by atoms with Crippen LogP contribution in [0.4, 0.5) is 0 Å². The second kappa shape index (κ2) is 9.73. The lowest BCUT2D eigenvalue weighted by Crippen LogP contribution is -2.36. The molecule has 1 aliphatic rings. The normalized spacial score (nSPS) is 22.1. The van der Waals surface area contributed by atoms with Gasteiger partial charge in [-0.05, 0) is 77.8 Å². The molecule has 0 bridgehead atoms. The Balaban J connectivity index is 2.24. The van der Waals surface area contributed by atoms with E-state index in [1.807, 2.05) is 0 Å². The smallest absolute Gasteiger partial charge is 0.0109 e. The van der Waals surface area contributed by atoms with Gasteiger partial charge in [0.25, 0.3) is 0 Å². The number of hydrogen-bond donors (Lipinski definition) is 1. The van der Waals surface area contributed by atoms with E-state index in [4.69, 9.17) is 0 Å². The molecule has 2 atom stereocenters. The van der Waals surface area contributed by atoms with Crippen molar-refractivity contribution in [1.82, 2.24) is 15.1 Å². The first-order valence-corrected chi connectivity index (χ1v) is 8.21. The molecular formula is C16H35N3. The quantitative estimate of drug-likeness (QED) is 0.693. The van der Waals surface area contributed by atoms with Crippen molar-refractivity contribution in [3.8, 4) is 0 Å². The van der Waals surface area contributed by atoms with E-state index in [1.54, 1.807) is 0 Å². The van der Waals surface area contributed by atoms with Crippen LogP contribution in [0.1, 0.15) is 39.5 Å². The molecule has 1 saturated heterocycles. The number of hydrogen-bond acceptors (Lipinski definition) is 3. The molecule has 0 aromatic heterocycles. The molecule has 0 radical (unpaired) electrons. The van der Waals surface area contributed by atoms with Crippen LogP contribution < -0.4 is 5.32 Å². The molecule has 114 valence electrons. The van der Waals surface area contributed by atoms with Crippen LogP contribution in [0.5, 0.6) is 0 Å². The molecule has 19 heavy (non-hydrogen) atoms. The molecule has 0 amide bonds. The van der Waals surface area contributed by atoms with Crippen molar-refractivity contribution in [2.24, 2.45) is 11.8 Å². The molecule has 0 aliphatic carbocycles. The van der Waals surface area contributed by atoms with Crippen LogP contribution in [0.15, 0.2) is 0 Å². The maximum atomic E-state index is 3.55. The van der Waals surface area contributed by atoms with Crippen LogP contribution >= 0.6 is 0 Å². The molecule has 3 heteroatoms. The molecule has 0 aromatic carbocycles. The van der Waals surface area contributed by atoms with E-state index in [9.17, 15) is 0 Å². The predicted octanol–water partition coefficient (Wildman–Crippen LogP) is 2.29. The van der Waals surface area contributed by atoms with E-state index in [-0.39, 0.29) is 0 Å². The van der Waals surface area contributed by atoms with Gasteiger partial charge in [0, 0.05) is 13.1 Å². The Bertz CT molecular complexity index is 212. The van der Waals surface area contributed by atoms with Gasteiger partial charge in [-0.3, -0.25) is 0 Å². The van der Waals surface area contributed by atoms with Gasteiger partial charge in [0.05, 0.1) is 0 Å². The van der Waals surface area contributed by atoms with Crippen molar-refractivity contribution in [3.63, 3.8) is 0 Å². The van der Waals surface area contributed by atoms with Crippen LogP contribution in [0.3, 0.4) is 0 Å². The highest BCUT2D eigenvalue weighted by Crippen LogP contribution is 2.22. The second-order valence-electron chi connectivity index (χ2n) is 6.52. The minimum Gasteiger partial charge on any atom is -0.316 e. The maximum Gasteiger partial charge on any atom is 0.0109 e. The Hall–Kier alpha value is -0.120. The van der Waals surface area contributed by atoms with Crippen LogP contribution in [-0.4, -0.2) is 63.2 Å². The highest BCUT2D eigenvalue weighted by atomic mass is 15.2. The summed E-state index contributed by atoms with van der Waals surface area (Å²) in [7, 11) is 4.33. The van der Waals surface area contributed by atoms with E-state index in [1.165, 1.54) is 65.0 Å². The van der Waals surface area contributed by atoms with E-state index < -0.39 is 0 Å². The summed E-state index contributed by atoms with van der Waals surface area (Å²) in [5.41, 5.74) is 0. The summed E-state index contributed by atoms with van der Waals surface area (Å²) in [6, 6.07) is 0. The fourth-order valence-electron chi connectivity index (χ4n) is 2.98. The van der Waals surface area contributed by atoms with Gasteiger partial charge in [-0.1, -0.05) is 13.8 Å². The van der Waals surface area contributed by atoms with Gasteiger partial charge in [-0.2, -0.15) is 0 Å². The van der Waals surface area contributed by atoms with Gasteiger partial charge < -0.3 is 15.1 Å². The summed E-state index contributed by atoms with van der Waals surface area (Å²) in [6.07, 6.45) is 5.43. The maximum absolute atomic E-state index is 3.55. The van der Waals surface area contributed by atoms with Crippen LogP contribution in [0, 0.1) is 11.8 Å². The monoisotopic (exact) mass is 269 g/mol. The van der Waals surface area contributed by atoms with Gasteiger partial charge in [-0.15, -0.1) is 0 Å². The number of likely N-dealkylation sites (N-methyl/N-ethyl adjacent to an activating group) is 1. The average Bonchev–Trinajstić information content (AvgIpc) is 2.42. The standard InChI is InChI=1S/C16H35N3/c1-5-10-19(13-12-18(3)4)11-8-15(2)16-7-6-9-17-14-16/h15-17H,5-14H2,1-4H3. The summed E-state index contributed by atoms with van der Waals surface area (Å²) in [6.45, 7) is 12.1. The molecule has 0 spiro atoms. The third-order valence-corrected chi connectivity index (χ3v) is 4.44. The van der Waals surface area contributed by atoms with Gasteiger partial charge in [0.1, 0.15) is 0 Å². The Morgan fingerprint density at radius 1 is 1.16 bits per heavy atom. The Morgan fingerprint density at radius 3 is 2.53 bits per heavy atom. The molecule has 3 nitrogen and oxygen atoms in total. The van der Waals surface area contributed by atoms with Gasteiger partial charge in [0.2, 0.25) is 0 Å². The van der Waals surface area contributed by atoms with Crippen LogP contribution in [-0.2, 0) is 0 Å². The highest BCUT2D eigenvalue weighted by Gasteiger charge is 2.20. The molecule has 1 heterocycles. The molecule has 0 aromatic rings. The molecular weight excluding hydrogens is 234 g/mol. The Kier molecular flexibility index (Phi) is 8.67. The largest absolute Gasteiger partial charge is 0.316 e. The predicted molar refractivity (Wildman–Crippen MR) is 84.7 cm³/mol. The van der Waals surface area contributed by atoms with Crippen molar-refractivity contribution in [2.45, 2.75) is 39.5 Å². The minimum absolute atomic E-state index is 0.867. The fraction of sp³-hybridized carbons (Fsp3) is 1.00. The molecule has 1 fully saturated rings. The molecule has 1 aliphatic heterocycles. The minimum atomic E-state index is 0.867. The van der Waals surface area contributed by atoms with Gasteiger partial charge >= 0.3 is 0 Å². The molecule has 1 N–H and O–H groups in total. The zero-order chi connectivity index (χ0) is 14.1. The van der Waals surface area contributed by atoms with E-state index in [0.29, 0.717) is 0 Å². The third kappa shape index (κ3) is 7.28. The second-order valence-corrected chi connectivity index (χ2v) is 6.52. The Morgan fingerprint density at radius 2 is 1.95 bits per heavy atom. The SMILES string of the molecule is CCCN(CCC(C)C1CCCNC1)CCN(C)C. The number of rotatable bonds is 9.